The monoisotopic (exact) mass is 240 g/mol. The Morgan fingerprint density at radius 3 is 3.00 bits per heavy atom. The Balaban J connectivity index is 1.85. The van der Waals surface area contributed by atoms with E-state index in [1.807, 2.05) is 24.3 Å². The van der Waals surface area contributed by atoms with E-state index in [9.17, 15) is 0 Å². The smallest absolute Gasteiger partial charge is 0.295 e. The van der Waals surface area contributed by atoms with Gasteiger partial charge in [-0.2, -0.15) is 4.98 Å². The van der Waals surface area contributed by atoms with E-state index in [2.05, 4.69) is 10.3 Å². The van der Waals surface area contributed by atoms with E-state index in [0.717, 1.165) is 11.1 Å². The molecule has 0 fully saturated rings. The Bertz CT molecular complexity index is 411. The summed E-state index contributed by atoms with van der Waals surface area (Å²) in [5.41, 5.74) is 1.64. The third-order valence-electron chi connectivity index (χ3n) is 2.04. The van der Waals surface area contributed by atoms with Crippen molar-refractivity contribution in [2.24, 2.45) is 0 Å². The van der Waals surface area contributed by atoms with Crippen LogP contribution < -0.4 is 5.32 Å². The largest absolute Gasteiger partial charge is 0.424 e. The van der Waals surface area contributed by atoms with Crippen LogP contribution in [0.5, 0.6) is 0 Å². The second-order valence-corrected chi connectivity index (χ2v) is 3.59. The second kappa shape index (κ2) is 5.72. The average Bonchev–Trinajstić information content (AvgIpc) is 2.71. The number of rotatable bonds is 6. The Morgan fingerprint density at radius 2 is 2.19 bits per heavy atom. The lowest BCUT2D eigenvalue weighted by Gasteiger charge is -2.01. The van der Waals surface area contributed by atoms with Crippen molar-refractivity contribution in [1.29, 1.82) is 0 Å². The van der Waals surface area contributed by atoms with Gasteiger partial charge in [0.15, 0.2) is 5.58 Å². The van der Waals surface area contributed by atoms with Crippen molar-refractivity contribution < 1.29 is 9.15 Å². The summed E-state index contributed by atoms with van der Waals surface area (Å²) in [6, 6.07) is 8.17. The minimum atomic E-state index is 0.517. The maximum Gasteiger partial charge on any atom is 0.295 e. The number of fused-ring (bicyclic) bond motifs is 1. The molecule has 0 spiro atoms. The lowest BCUT2D eigenvalue weighted by atomic mass is 10.3. The highest BCUT2D eigenvalue weighted by Gasteiger charge is 2.02. The maximum absolute atomic E-state index is 5.47. The molecule has 5 heteroatoms. The number of hydrogen-bond acceptors (Lipinski definition) is 4. The van der Waals surface area contributed by atoms with Crippen LogP contribution in [0, 0.1) is 0 Å². The molecule has 0 saturated carbocycles. The number of nitrogens with one attached hydrogen (secondary N) is 1. The van der Waals surface area contributed by atoms with Crippen molar-refractivity contribution in [2.45, 2.75) is 0 Å². The fraction of sp³-hybridized carbons (Fsp3) is 0.364. The number of para-hydroxylation sites is 2. The number of alkyl halides is 1. The van der Waals surface area contributed by atoms with E-state index in [4.69, 9.17) is 20.8 Å². The summed E-state index contributed by atoms with van der Waals surface area (Å²) in [4.78, 5) is 4.27. The Kier molecular flexibility index (Phi) is 4.02. The first-order valence-corrected chi connectivity index (χ1v) is 5.67. The Hall–Kier alpha value is -1.26. The second-order valence-electron chi connectivity index (χ2n) is 3.21. The van der Waals surface area contributed by atoms with Crippen molar-refractivity contribution in [3.63, 3.8) is 0 Å². The zero-order chi connectivity index (χ0) is 11.2. The van der Waals surface area contributed by atoms with Gasteiger partial charge in [0, 0.05) is 12.4 Å². The van der Waals surface area contributed by atoms with Gasteiger partial charge in [-0.15, -0.1) is 11.6 Å². The number of benzene rings is 1. The van der Waals surface area contributed by atoms with E-state index < -0.39 is 0 Å². The SMILES string of the molecule is ClCCOCCNc1nc2ccccc2o1. The molecule has 4 nitrogen and oxygen atoms in total. The number of halogens is 1. The van der Waals surface area contributed by atoms with Gasteiger partial charge in [0.25, 0.3) is 6.01 Å². The van der Waals surface area contributed by atoms with Crippen LogP contribution in [0.25, 0.3) is 11.1 Å². The van der Waals surface area contributed by atoms with Gasteiger partial charge in [-0.3, -0.25) is 0 Å². The van der Waals surface area contributed by atoms with Crippen LogP contribution in [-0.4, -0.2) is 30.6 Å². The van der Waals surface area contributed by atoms with Crippen molar-refractivity contribution in [3.8, 4) is 0 Å². The third kappa shape index (κ3) is 2.87. The summed E-state index contributed by atoms with van der Waals surface area (Å²) in [6.07, 6.45) is 0. The molecule has 0 aliphatic rings. The molecule has 2 aromatic rings. The van der Waals surface area contributed by atoms with Gasteiger partial charge in [0.2, 0.25) is 0 Å². The molecule has 0 radical (unpaired) electrons. The van der Waals surface area contributed by atoms with Crippen LogP contribution in [-0.2, 0) is 4.74 Å². The summed E-state index contributed by atoms with van der Waals surface area (Å²) >= 11 is 5.47. The van der Waals surface area contributed by atoms with Gasteiger partial charge < -0.3 is 14.5 Å². The van der Waals surface area contributed by atoms with E-state index in [-0.39, 0.29) is 0 Å². The molecule has 1 aromatic carbocycles. The van der Waals surface area contributed by atoms with Crippen LogP contribution in [0.2, 0.25) is 0 Å². The van der Waals surface area contributed by atoms with Gasteiger partial charge in [0.1, 0.15) is 5.52 Å². The summed E-state index contributed by atoms with van der Waals surface area (Å²) in [5, 5.41) is 3.05. The Labute approximate surface area is 98.6 Å². The normalized spacial score (nSPS) is 10.8. The molecule has 16 heavy (non-hydrogen) atoms. The van der Waals surface area contributed by atoms with Crippen LogP contribution in [0.15, 0.2) is 28.7 Å². The zero-order valence-corrected chi connectivity index (χ0v) is 9.54. The van der Waals surface area contributed by atoms with Gasteiger partial charge in [0.05, 0.1) is 13.2 Å². The number of anilines is 1. The molecule has 0 saturated heterocycles. The van der Waals surface area contributed by atoms with Crippen molar-refractivity contribution >= 4 is 28.7 Å². The summed E-state index contributed by atoms with van der Waals surface area (Å²) in [6.45, 7) is 1.81. The molecule has 86 valence electrons. The summed E-state index contributed by atoms with van der Waals surface area (Å²) < 4.78 is 10.7. The van der Waals surface area contributed by atoms with Gasteiger partial charge in [-0.25, -0.2) is 0 Å². The Morgan fingerprint density at radius 1 is 1.31 bits per heavy atom. The predicted octanol–water partition coefficient (Wildman–Crippen LogP) is 2.50. The van der Waals surface area contributed by atoms with Crippen LogP contribution in [0.4, 0.5) is 6.01 Å². The number of aromatic nitrogens is 1. The fourth-order valence-corrected chi connectivity index (χ4v) is 1.44. The summed E-state index contributed by atoms with van der Waals surface area (Å²) in [7, 11) is 0. The minimum Gasteiger partial charge on any atom is -0.424 e. The number of oxazole rings is 1. The van der Waals surface area contributed by atoms with E-state index in [0.29, 0.717) is 31.7 Å². The molecule has 0 amide bonds. The fourth-order valence-electron chi connectivity index (χ4n) is 1.33. The molecule has 1 heterocycles. The first kappa shape index (κ1) is 11.2. The highest BCUT2D eigenvalue weighted by Crippen LogP contribution is 2.17. The third-order valence-corrected chi connectivity index (χ3v) is 2.19. The number of ether oxygens (including phenoxy) is 1. The number of nitrogens with zero attached hydrogens (tertiary/aromatic N) is 1. The molecule has 0 unspecified atom stereocenters. The van der Waals surface area contributed by atoms with Crippen molar-refractivity contribution in [2.75, 3.05) is 31.0 Å². The lowest BCUT2D eigenvalue weighted by molar-refractivity contribution is 0.159. The molecule has 2 rings (SSSR count). The molecule has 1 aromatic heterocycles. The topological polar surface area (TPSA) is 47.3 Å². The first-order chi connectivity index (χ1) is 7.90. The minimum absolute atomic E-state index is 0.517. The van der Waals surface area contributed by atoms with Crippen LogP contribution >= 0.6 is 11.6 Å². The van der Waals surface area contributed by atoms with E-state index in [1.54, 1.807) is 0 Å². The molecule has 0 aliphatic carbocycles. The van der Waals surface area contributed by atoms with E-state index >= 15 is 0 Å². The highest BCUT2D eigenvalue weighted by atomic mass is 35.5. The zero-order valence-electron chi connectivity index (χ0n) is 8.78. The van der Waals surface area contributed by atoms with Gasteiger partial charge in [-0.1, -0.05) is 12.1 Å². The summed E-state index contributed by atoms with van der Waals surface area (Å²) in [5.74, 6) is 0.517. The van der Waals surface area contributed by atoms with E-state index in [1.165, 1.54) is 0 Å². The van der Waals surface area contributed by atoms with Crippen molar-refractivity contribution in [3.05, 3.63) is 24.3 Å². The standard InChI is InChI=1S/C11H13ClN2O2/c12-5-7-15-8-6-13-11-14-9-3-1-2-4-10(9)16-11/h1-4H,5-8H2,(H,13,14). The quantitative estimate of drug-likeness (QED) is 0.623. The predicted molar refractivity (Wildman–Crippen MR) is 64.0 cm³/mol. The average molecular weight is 241 g/mol. The molecule has 1 N–H and O–H groups in total. The lowest BCUT2D eigenvalue weighted by Crippen LogP contribution is -2.10. The van der Waals surface area contributed by atoms with Gasteiger partial charge in [-0.05, 0) is 12.1 Å². The molecule has 0 aliphatic heterocycles. The maximum atomic E-state index is 5.47. The number of hydrogen-bond donors (Lipinski definition) is 1. The molecular formula is C11H13ClN2O2. The molecule has 0 bridgehead atoms. The first-order valence-electron chi connectivity index (χ1n) is 5.13. The van der Waals surface area contributed by atoms with Crippen molar-refractivity contribution in [1.82, 2.24) is 4.98 Å². The van der Waals surface area contributed by atoms with Crippen LogP contribution in [0.1, 0.15) is 0 Å². The molecular weight excluding hydrogens is 228 g/mol. The highest BCUT2D eigenvalue weighted by molar-refractivity contribution is 6.17. The van der Waals surface area contributed by atoms with Crippen LogP contribution in [0.3, 0.4) is 0 Å². The molecule has 0 atom stereocenters. The van der Waals surface area contributed by atoms with Gasteiger partial charge >= 0.3 is 0 Å².